The van der Waals surface area contributed by atoms with Gasteiger partial charge in [0.15, 0.2) is 0 Å². The molecule has 1 rings (SSSR count). The van der Waals surface area contributed by atoms with Gasteiger partial charge in [-0.15, -0.1) is 9.45 Å². The molecule has 0 radical (unpaired) electrons. The molecule has 1 aromatic rings. The molecule has 1 atom stereocenters. The molecule has 0 aliphatic rings. The maximum atomic E-state index is 8.64. The lowest BCUT2D eigenvalue weighted by atomic mass is 10.4. The van der Waals surface area contributed by atoms with Gasteiger partial charge in [0, 0.05) is 6.07 Å². The third-order valence-corrected chi connectivity index (χ3v) is 2.16. The van der Waals surface area contributed by atoms with Crippen LogP contribution in [-0.2, 0) is 33.0 Å². The van der Waals surface area contributed by atoms with Gasteiger partial charge in [0.2, 0.25) is 0 Å². The summed E-state index contributed by atoms with van der Waals surface area (Å²) in [7, 11) is -0.0872. The zero-order chi connectivity index (χ0) is 8.27. The molecule has 0 spiro atoms. The van der Waals surface area contributed by atoms with Crippen LogP contribution in [0.1, 0.15) is 11.5 Å². The minimum Gasteiger partial charge on any atom is -0.390 e. The van der Waals surface area contributed by atoms with Gasteiger partial charge in [0.25, 0.3) is 0 Å². The molecule has 1 unspecified atom stereocenters. The van der Waals surface area contributed by atoms with Crippen molar-refractivity contribution in [2.75, 3.05) is 6.26 Å². The third-order valence-electron chi connectivity index (χ3n) is 1.12. The Morgan fingerprint density at radius 2 is 2.55 bits per heavy atom. The van der Waals surface area contributed by atoms with E-state index >= 15 is 0 Å². The van der Waals surface area contributed by atoms with Gasteiger partial charge < -0.3 is 9.63 Å². The van der Waals surface area contributed by atoms with Crippen LogP contribution in [-0.4, -0.2) is 16.5 Å². The summed E-state index contributed by atoms with van der Waals surface area (Å²) in [4.78, 5) is 0. The van der Waals surface area contributed by atoms with Crippen LogP contribution in [0.15, 0.2) is 10.6 Å². The van der Waals surface area contributed by atoms with Crippen molar-refractivity contribution in [1.29, 1.82) is 0 Å². The Balaban J connectivity index is 2.65. The summed E-state index contributed by atoms with van der Waals surface area (Å²) in [5.41, 5.74) is 0.570. The fourth-order valence-corrected chi connectivity index (χ4v) is 1.58. The number of hydrogen-bond acceptors (Lipinski definition) is 4. The molecule has 0 amide bonds. The molecule has 0 saturated heterocycles. The average Bonchev–Trinajstić information content (AvgIpc) is 2.34. The largest absolute Gasteiger partial charge is 0.390 e. The number of aromatic nitrogens is 1. The van der Waals surface area contributed by atoms with E-state index in [4.69, 9.17) is 20.8 Å². The molecule has 0 aromatic carbocycles. The normalized spacial score (nSPS) is 13.3. The average molecular weight is 191 g/mol. The Labute approximate surface area is 72.0 Å². The molecular formula is C6H9NO2S2. The van der Waals surface area contributed by atoms with Crippen molar-refractivity contribution >= 4 is 20.6 Å². The summed E-state index contributed by atoms with van der Waals surface area (Å²) >= 11 is 4.98. The first-order valence-electron chi connectivity index (χ1n) is 3.07. The van der Waals surface area contributed by atoms with Crippen LogP contribution < -0.4 is 0 Å². The number of nitrogens with zero attached hydrogens (tertiary/aromatic N) is 1. The van der Waals surface area contributed by atoms with Crippen LogP contribution in [0.2, 0.25) is 0 Å². The van der Waals surface area contributed by atoms with Gasteiger partial charge in [-0.2, -0.15) is 0 Å². The van der Waals surface area contributed by atoms with Gasteiger partial charge in [0.05, 0.1) is 12.4 Å². The highest BCUT2D eigenvalue weighted by Crippen LogP contribution is 2.05. The Bertz CT molecular complexity index is 259. The van der Waals surface area contributed by atoms with Gasteiger partial charge >= 0.3 is 0 Å². The van der Waals surface area contributed by atoms with Crippen molar-refractivity contribution < 1.29 is 9.63 Å². The molecule has 62 valence electrons. The van der Waals surface area contributed by atoms with Crippen molar-refractivity contribution in [3.63, 3.8) is 0 Å². The number of aliphatic hydroxyl groups excluding tert-OH is 1. The van der Waals surface area contributed by atoms with Crippen LogP contribution in [0.4, 0.5) is 0 Å². The monoisotopic (exact) mass is 191 g/mol. The van der Waals surface area contributed by atoms with E-state index in [-0.39, 0.29) is 16.1 Å². The van der Waals surface area contributed by atoms with E-state index in [2.05, 4.69) is 5.16 Å². The predicted octanol–water partition coefficient (Wildman–Crippen LogP) is 0.377. The summed E-state index contributed by atoms with van der Waals surface area (Å²) in [6.45, 7) is -0.0710. The van der Waals surface area contributed by atoms with E-state index in [1.807, 2.05) is 6.26 Å². The molecule has 1 heterocycles. The zero-order valence-corrected chi connectivity index (χ0v) is 7.74. The first-order valence-corrected chi connectivity index (χ1v) is 5.80. The lowest BCUT2D eigenvalue weighted by Crippen LogP contribution is -1.87. The Hall–Kier alpha value is -0.260. The van der Waals surface area contributed by atoms with Gasteiger partial charge in [0.1, 0.15) is 11.5 Å². The lowest BCUT2D eigenvalue weighted by molar-refractivity contribution is 0.265. The van der Waals surface area contributed by atoms with E-state index in [0.29, 0.717) is 5.69 Å². The highest BCUT2D eigenvalue weighted by atomic mass is 32.8. The maximum Gasteiger partial charge on any atom is 0.147 e. The molecule has 11 heavy (non-hydrogen) atoms. The highest BCUT2D eigenvalue weighted by molar-refractivity contribution is 8.28. The van der Waals surface area contributed by atoms with E-state index in [0.717, 1.165) is 11.5 Å². The second-order valence-electron chi connectivity index (χ2n) is 2.16. The lowest BCUT2D eigenvalue weighted by Gasteiger charge is -1.89. The Morgan fingerprint density at radius 1 is 1.82 bits per heavy atom. The summed E-state index contributed by atoms with van der Waals surface area (Å²) in [6.07, 6.45) is 1.95. The predicted molar refractivity (Wildman–Crippen MR) is 46.8 cm³/mol. The molecule has 0 aliphatic carbocycles. The topological polar surface area (TPSA) is 46.3 Å². The minimum absolute atomic E-state index is 0.0710. The minimum atomic E-state index is -0.0872. The molecule has 0 aliphatic heterocycles. The van der Waals surface area contributed by atoms with E-state index < -0.39 is 0 Å². The summed E-state index contributed by atoms with van der Waals surface area (Å²) in [6, 6.07) is 1.73. The summed E-state index contributed by atoms with van der Waals surface area (Å²) in [5, 5.41) is 12.3. The van der Waals surface area contributed by atoms with E-state index in [9.17, 15) is 0 Å². The molecular weight excluding hydrogens is 182 g/mol. The first-order chi connectivity index (χ1) is 5.22. The fraction of sp³-hybridized carbons (Fsp3) is 0.500. The smallest absolute Gasteiger partial charge is 0.147 e. The van der Waals surface area contributed by atoms with Crippen LogP contribution in [0.25, 0.3) is 0 Å². The van der Waals surface area contributed by atoms with Crippen molar-refractivity contribution in [3.8, 4) is 0 Å². The van der Waals surface area contributed by atoms with Gasteiger partial charge in [-0.25, -0.2) is 0 Å². The molecule has 5 heteroatoms. The highest BCUT2D eigenvalue weighted by Gasteiger charge is 2.02. The van der Waals surface area contributed by atoms with Crippen LogP contribution in [0, 0.1) is 0 Å². The standard InChI is InChI=1S/C6H9NO2S2/c1-11(10)4-6-2-5(3-8)7-9-6/h2,8H,3-4H2,1H3. The van der Waals surface area contributed by atoms with Gasteiger partial charge in [-0.3, -0.25) is 0 Å². The molecule has 0 bridgehead atoms. The number of hydrogen-bond donors (Lipinski definition) is 1. The van der Waals surface area contributed by atoms with Crippen molar-refractivity contribution in [2.45, 2.75) is 12.4 Å². The SMILES string of the molecule is CS(=S)Cc1cc(CO)no1. The first kappa shape index (κ1) is 8.83. The van der Waals surface area contributed by atoms with Gasteiger partial charge in [-0.1, -0.05) is 16.3 Å². The number of aliphatic hydroxyl groups is 1. The van der Waals surface area contributed by atoms with Crippen molar-refractivity contribution in [2.24, 2.45) is 0 Å². The van der Waals surface area contributed by atoms with E-state index in [1.165, 1.54) is 0 Å². The van der Waals surface area contributed by atoms with Crippen LogP contribution in [0.3, 0.4) is 0 Å². The third kappa shape index (κ3) is 2.69. The van der Waals surface area contributed by atoms with Gasteiger partial charge in [-0.05, 0) is 6.26 Å². The van der Waals surface area contributed by atoms with Crippen molar-refractivity contribution in [3.05, 3.63) is 17.5 Å². The second-order valence-corrected chi connectivity index (χ2v) is 5.30. The van der Waals surface area contributed by atoms with Crippen LogP contribution >= 0.6 is 0 Å². The van der Waals surface area contributed by atoms with E-state index in [1.54, 1.807) is 6.07 Å². The number of rotatable bonds is 3. The molecule has 0 saturated carbocycles. The molecule has 3 nitrogen and oxygen atoms in total. The molecule has 1 aromatic heterocycles. The Kier molecular flexibility index (Phi) is 3.16. The quantitative estimate of drug-likeness (QED) is 0.750. The maximum absolute atomic E-state index is 8.64. The summed E-state index contributed by atoms with van der Waals surface area (Å²) in [5.74, 6) is 1.48. The molecule has 1 N–H and O–H groups in total. The second kappa shape index (κ2) is 3.94. The fourth-order valence-electron chi connectivity index (χ4n) is 0.699. The Morgan fingerprint density at radius 3 is 3.00 bits per heavy atom. The summed E-state index contributed by atoms with van der Waals surface area (Å²) < 4.78 is 4.90. The molecule has 0 fully saturated rings. The van der Waals surface area contributed by atoms with Crippen molar-refractivity contribution in [1.82, 2.24) is 5.16 Å². The zero-order valence-electron chi connectivity index (χ0n) is 6.11. The van der Waals surface area contributed by atoms with Crippen LogP contribution in [0.5, 0.6) is 0 Å².